The second-order valence-electron chi connectivity index (χ2n) is 4.17. The van der Waals surface area contributed by atoms with E-state index in [0.29, 0.717) is 13.0 Å². The second-order valence-corrected chi connectivity index (χ2v) is 4.17. The zero-order valence-electron chi connectivity index (χ0n) is 9.85. The van der Waals surface area contributed by atoms with Crippen molar-refractivity contribution in [2.75, 3.05) is 19.3 Å². The van der Waals surface area contributed by atoms with E-state index >= 15 is 0 Å². The summed E-state index contributed by atoms with van der Waals surface area (Å²) < 4.78 is 18.1. The van der Waals surface area contributed by atoms with Crippen molar-refractivity contribution in [3.63, 3.8) is 0 Å². The van der Waals surface area contributed by atoms with Gasteiger partial charge in [-0.1, -0.05) is 0 Å². The number of hydrogen-bond acceptors (Lipinski definition) is 4. The summed E-state index contributed by atoms with van der Waals surface area (Å²) in [7, 11) is 1.63. The van der Waals surface area contributed by atoms with E-state index in [1.54, 1.807) is 7.05 Å². The van der Waals surface area contributed by atoms with Crippen molar-refractivity contribution in [3.8, 4) is 0 Å². The molecular weight excluding hydrogens is 239 g/mol. The predicted octanol–water partition coefficient (Wildman–Crippen LogP) is 0.795. The lowest BCUT2D eigenvalue weighted by Gasteiger charge is -2.12. The maximum Gasteiger partial charge on any atom is 0.341 e. The first kappa shape index (κ1) is 12.3. The number of esters is 1. The number of nitrogens with two attached hydrogens (primary N) is 1. The number of likely N-dealkylation sites (tertiary alicyclic amines) is 1. The fraction of sp³-hybridized carbons (Fsp3) is 0.333. The zero-order valence-corrected chi connectivity index (χ0v) is 9.85. The van der Waals surface area contributed by atoms with E-state index in [1.807, 2.05) is 0 Å². The number of nitrogens with zero attached hydrogens (tertiary/aromatic N) is 1. The summed E-state index contributed by atoms with van der Waals surface area (Å²) in [4.78, 5) is 24.8. The van der Waals surface area contributed by atoms with E-state index in [0.717, 1.165) is 12.1 Å². The van der Waals surface area contributed by atoms with E-state index < -0.39 is 17.9 Å². The number of nitrogen functional groups attached to an aromatic ring is 1. The van der Waals surface area contributed by atoms with Crippen LogP contribution in [0.1, 0.15) is 16.8 Å². The summed E-state index contributed by atoms with van der Waals surface area (Å²) in [6, 6.07) is 3.44. The molecule has 6 heteroatoms. The summed E-state index contributed by atoms with van der Waals surface area (Å²) in [6.45, 7) is 0.537. The average molecular weight is 252 g/mol. The van der Waals surface area contributed by atoms with Gasteiger partial charge in [-0.3, -0.25) is 4.79 Å². The molecule has 1 amide bonds. The van der Waals surface area contributed by atoms with Crippen LogP contribution < -0.4 is 5.73 Å². The lowest BCUT2D eigenvalue weighted by Crippen LogP contribution is -2.29. The lowest BCUT2D eigenvalue weighted by atomic mass is 10.2. The van der Waals surface area contributed by atoms with Gasteiger partial charge in [0.2, 0.25) is 0 Å². The highest BCUT2D eigenvalue weighted by Gasteiger charge is 2.32. The number of rotatable bonds is 2. The van der Waals surface area contributed by atoms with Crippen LogP contribution in [-0.4, -0.2) is 36.5 Å². The first-order valence-electron chi connectivity index (χ1n) is 5.50. The van der Waals surface area contributed by atoms with Gasteiger partial charge in [0.05, 0.1) is 5.56 Å². The third-order valence-corrected chi connectivity index (χ3v) is 2.86. The quantitative estimate of drug-likeness (QED) is 0.624. The number of ether oxygens (including phenoxy) is 1. The maximum atomic E-state index is 13.0. The largest absolute Gasteiger partial charge is 0.449 e. The standard InChI is InChI=1S/C12H13FN2O3/c1-15-5-4-10(11(15)16)18-12(17)8-6-7(13)2-3-9(8)14/h2-3,6,10H,4-5,14H2,1H3. The maximum absolute atomic E-state index is 13.0. The molecule has 1 unspecified atom stereocenters. The van der Waals surface area contributed by atoms with Crippen LogP contribution in [0.2, 0.25) is 0 Å². The number of likely N-dealkylation sites (N-methyl/N-ethyl adjacent to an activating group) is 1. The Labute approximate surface area is 103 Å². The van der Waals surface area contributed by atoms with Gasteiger partial charge in [0, 0.05) is 25.7 Å². The molecule has 0 saturated carbocycles. The minimum absolute atomic E-state index is 0.0580. The first-order valence-corrected chi connectivity index (χ1v) is 5.50. The summed E-state index contributed by atoms with van der Waals surface area (Å²) >= 11 is 0. The molecule has 1 aromatic rings. The van der Waals surface area contributed by atoms with Crippen molar-refractivity contribution < 1.29 is 18.7 Å². The van der Waals surface area contributed by atoms with E-state index in [2.05, 4.69) is 0 Å². The fourth-order valence-electron chi connectivity index (χ4n) is 1.80. The second kappa shape index (κ2) is 4.64. The molecule has 1 aliphatic heterocycles. The van der Waals surface area contributed by atoms with Gasteiger partial charge in [0.1, 0.15) is 5.82 Å². The van der Waals surface area contributed by atoms with Gasteiger partial charge < -0.3 is 15.4 Å². The van der Waals surface area contributed by atoms with Crippen molar-refractivity contribution in [2.45, 2.75) is 12.5 Å². The lowest BCUT2D eigenvalue weighted by molar-refractivity contribution is -0.133. The van der Waals surface area contributed by atoms with Crippen LogP contribution in [0.3, 0.4) is 0 Å². The molecule has 1 fully saturated rings. The molecule has 0 spiro atoms. The number of hydrogen-bond donors (Lipinski definition) is 1. The highest BCUT2D eigenvalue weighted by Crippen LogP contribution is 2.18. The number of carbonyl (C=O) groups excluding carboxylic acids is 2. The number of anilines is 1. The Morgan fingerprint density at radius 2 is 2.28 bits per heavy atom. The predicted molar refractivity (Wildman–Crippen MR) is 62.3 cm³/mol. The molecule has 1 atom stereocenters. The smallest absolute Gasteiger partial charge is 0.341 e. The van der Waals surface area contributed by atoms with E-state index in [-0.39, 0.29) is 17.2 Å². The Hall–Kier alpha value is -2.11. The molecule has 5 nitrogen and oxygen atoms in total. The third kappa shape index (κ3) is 2.27. The van der Waals surface area contributed by atoms with Crippen LogP contribution >= 0.6 is 0 Å². The monoisotopic (exact) mass is 252 g/mol. The Balaban J connectivity index is 2.13. The minimum atomic E-state index is -0.801. The van der Waals surface area contributed by atoms with Crippen molar-refractivity contribution in [3.05, 3.63) is 29.6 Å². The molecule has 2 rings (SSSR count). The molecule has 1 aliphatic rings. The van der Waals surface area contributed by atoms with E-state index in [4.69, 9.17) is 10.5 Å². The highest BCUT2D eigenvalue weighted by molar-refractivity contribution is 5.97. The molecule has 1 aromatic carbocycles. The zero-order chi connectivity index (χ0) is 13.3. The third-order valence-electron chi connectivity index (χ3n) is 2.86. The number of amides is 1. The molecule has 96 valence electrons. The summed E-state index contributed by atoms with van der Waals surface area (Å²) in [6.07, 6.45) is -0.360. The highest BCUT2D eigenvalue weighted by atomic mass is 19.1. The summed E-state index contributed by atoms with van der Waals surface area (Å²) in [5.74, 6) is -1.61. The Kier molecular flexibility index (Phi) is 3.18. The molecule has 0 aromatic heterocycles. The Morgan fingerprint density at radius 3 is 2.89 bits per heavy atom. The summed E-state index contributed by atoms with van der Waals surface area (Å²) in [5.41, 5.74) is 5.63. The Bertz CT molecular complexity index is 504. The number of carbonyl (C=O) groups is 2. The number of halogens is 1. The van der Waals surface area contributed by atoms with Gasteiger partial charge in [0.25, 0.3) is 5.91 Å². The van der Waals surface area contributed by atoms with Gasteiger partial charge in [0.15, 0.2) is 6.10 Å². The van der Waals surface area contributed by atoms with E-state index in [9.17, 15) is 14.0 Å². The molecular formula is C12H13FN2O3. The fourth-order valence-corrected chi connectivity index (χ4v) is 1.80. The van der Waals surface area contributed by atoms with Gasteiger partial charge in [-0.15, -0.1) is 0 Å². The van der Waals surface area contributed by atoms with Gasteiger partial charge in [-0.05, 0) is 18.2 Å². The minimum Gasteiger partial charge on any atom is -0.449 e. The van der Waals surface area contributed by atoms with Crippen LogP contribution in [0.4, 0.5) is 10.1 Å². The Morgan fingerprint density at radius 1 is 1.56 bits per heavy atom. The first-order chi connectivity index (χ1) is 8.49. The van der Waals surface area contributed by atoms with Gasteiger partial charge in [-0.25, -0.2) is 9.18 Å². The van der Waals surface area contributed by atoms with Crippen molar-refractivity contribution in [1.29, 1.82) is 0 Å². The summed E-state index contributed by atoms with van der Waals surface area (Å²) in [5, 5.41) is 0. The van der Waals surface area contributed by atoms with Crippen LogP contribution in [-0.2, 0) is 9.53 Å². The SMILES string of the molecule is CN1CCC(OC(=O)c2cc(F)ccc2N)C1=O. The van der Waals surface area contributed by atoms with Crippen LogP contribution in [0.5, 0.6) is 0 Å². The van der Waals surface area contributed by atoms with Crippen molar-refractivity contribution in [2.24, 2.45) is 0 Å². The molecule has 0 radical (unpaired) electrons. The van der Waals surface area contributed by atoms with Crippen LogP contribution in [0.15, 0.2) is 18.2 Å². The van der Waals surface area contributed by atoms with E-state index in [1.165, 1.54) is 11.0 Å². The molecule has 1 heterocycles. The van der Waals surface area contributed by atoms with Gasteiger partial charge >= 0.3 is 5.97 Å². The average Bonchev–Trinajstić information content (AvgIpc) is 2.64. The normalized spacial score (nSPS) is 19.1. The molecule has 0 aliphatic carbocycles. The molecule has 1 saturated heterocycles. The van der Waals surface area contributed by atoms with Gasteiger partial charge in [-0.2, -0.15) is 0 Å². The molecule has 18 heavy (non-hydrogen) atoms. The van der Waals surface area contributed by atoms with Crippen molar-refractivity contribution >= 4 is 17.6 Å². The molecule has 0 bridgehead atoms. The molecule has 2 N–H and O–H groups in total. The number of benzene rings is 1. The topological polar surface area (TPSA) is 72.6 Å². The van der Waals surface area contributed by atoms with Crippen LogP contribution in [0, 0.1) is 5.82 Å². The van der Waals surface area contributed by atoms with Crippen molar-refractivity contribution in [1.82, 2.24) is 4.90 Å². The van der Waals surface area contributed by atoms with Crippen LogP contribution in [0.25, 0.3) is 0 Å².